The molecule has 1 aromatic rings. The second-order valence-electron chi connectivity index (χ2n) is 7.04. The van der Waals surface area contributed by atoms with E-state index in [0.717, 1.165) is 39.0 Å². The third-order valence-corrected chi connectivity index (χ3v) is 5.16. The molecule has 0 spiro atoms. The molecule has 0 bridgehead atoms. The summed E-state index contributed by atoms with van der Waals surface area (Å²) in [5.41, 5.74) is 1.28. The molecule has 2 aliphatic heterocycles. The number of carbonyl (C=O) groups is 2. The van der Waals surface area contributed by atoms with Crippen molar-refractivity contribution in [3.63, 3.8) is 0 Å². The summed E-state index contributed by atoms with van der Waals surface area (Å²) in [6, 6.07) is 7.95. The minimum absolute atomic E-state index is 0.0619. The lowest BCUT2D eigenvalue weighted by atomic mass is 10.1. The Morgan fingerprint density at radius 1 is 1.08 bits per heavy atom. The molecule has 3 amide bonds. The van der Waals surface area contributed by atoms with E-state index in [-0.39, 0.29) is 11.9 Å². The van der Waals surface area contributed by atoms with E-state index < -0.39 is 0 Å². The average Bonchev–Trinajstić information content (AvgIpc) is 3.28. The molecular formula is C18H24N4O2. The van der Waals surface area contributed by atoms with Gasteiger partial charge in [0.1, 0.15) is 0 Å². The van der Waals surface area contributed by atoms with Crippen molar-refractivity contribution in [2.45, 2.75) is 37.8 Å². The Morgan fingerprint density at radius 3 is 2.79 bits per heavy atom. The summed E-state index contributed by atoms with van der Waals surface area (Å²) in [6.45, 7) is 3.69. The van der Waals surface area contributed by atoms with Crippen LogP contribution in [0.25, 0.3) is 0 Å². The summed E-state index contributed by atoms with van der Waals surface area (Å²) in [7, 11) is 0. The molecule has 3 fully saturated rings. The number of nitrogens with zero attached hydrogens (tertiary/aromatic N) is 2. The number of piperazine rings is 1. The second kappa shape index (κ2) is 6.43. The molecular weight excluding hydrogens is 304 g/mol. The molecule has 4 rings (SSSR count). The standard InChI is InChI=1S/C18H24N4O2/c23-17(19-14-6-7-14)13-3-1-4-15(11-13)20-18(24)22-10-9-21-8-2-5-16(21)12-22/h1,3-4,11,14,16H,2,5-10,12H2,(H,19,23)(H,20,24). The molecule has 2 heterocycles. The fourth-order valence-electron chi connectivity index (χ4n) is 3.61. The molecule has 24 heavy (non-hydrogen) atoms. The molecule has 128 valence electrons. The van der Waals surface area contributed by atoms with E-state index in [2.05, 4.69) is 15.5 Å². The number of hydrogen-bond acceptors (Lipinski definition) is 3. The normalized spacial score (nSPS) is 23.7. The first-order valence-electron chi connectivity index (χ1n) is 8.90. The average molecular weight is 328 g/mol. The summed E-state index contributed by atoms with van der Waals surface area (Å²) in [6.07, 6.45) is 4.55. The number of anilines is 1. The first kappa shape index (κ1) is 15.4. The Bertz CT molecular complexity index is 644. The van der Waals surface area contributed by atoms with Crippen LogP contribution in [0.5, 0.6) is 0 Å². The Labute approximate surface area is 142 Å². The van der Waals surface area contributed by atoms with E-state index in [1.807, 2.05) is 17.0 Å². The molecule has 0 radical (unpaired) electrons. The molecule has 1 saturated carbocycles. The smallest absolute Gasteiger partial charge is 0.321 e. The maximum atomic E-state index is 12.5. The predicted octanol–water partition coefficient (Wildman–Crippen LogP) is 1.89. The SMILES string of the molecule is O=C(NC1CC1)c1cccc(NC(=O)N2CCN3CCCC3C2)c1. The number of urea groups is 1. The van der Waals surface area contributed by atoms with Gasteiger partial charge in [0.25, 0.3) is 5.91 Å². The largest absolute Gasteiger partial charge is 0.349 e. The first-order chi connectivity index (χ1) is 11.7. The van der Waals surface area contributed by atoms with Crippen LogP contribution in [0.3, 0.4) is 0 Å². The van der Waals surface area contributed by atoms with Crippen LogP contribution in [0, 0.1) is 0 Å². The van der Waals surface area contributed by atoms with Gasteiger partial charge in [-0.2, -0.15) is 0 Å². The van der Waals surface area contributed by atoms with Gasteiger partial charge >= 0.3 is 6.03 Å². The Hall–Kier alpha value is -2.08. The molecule has 6 nitrogen and oxygen atoms in total. The van der Waals surface area contributed by atoms with Crippen molar-refractivity contribution in [3.8, 4) is 0 Å². The van der Waals surface area contributed by atoms with Crippen molar-refractivity contribution in [3.05, 3.63) is 29.8 Å². The van der Waals surface area contributed by atoms with Crippen LogP contribution < -0.4 is 10.6 Å². The number of rotatable bonds is 3. The number of amides is 3. The number of fused-ring (bicyclic) bond motifs is 1. The van der Waals surface area contributed by atoms with E-state index in [9.17, 15) is 9.59 Å². The van der Waals surface area contributed by atoms with Crippen molar-refractivity contribution in [2.75, 3.05) is 31.5 Å². The van der Waals surface area contributed by atoms with Crippen LogP contribution in [-0.4, -0.2) is 60.0 Å². The van der Waals surface area contributed by atoms with Gasteiger partial charge < -0.3 is 15.5 Å². The lowest BCUT2D eigenvalue weighted by Gasteiger charge is -2.37. The molecule has 3 aliphatic rings. The van der Waals surface area contributed by atoms with E-state index in [1.54, 1.807) is 12.1 Å². The van der Waals surface area contributed by atoms with E-state index in [1.165, 1.54) is 12.8 Å². The number of hydrogen-bond donors (Lipinski definition) is 2. The molecule has 1 aromatic carbocycles. The van der Waals surface area contributed by atoms with Crippen LogP contribution in [0.1, 0.15) is 36.0 Å². The first-order valence-corrected chi connectivity index (χ1v) is 8.90. The van der Waals surface area contributed by atoms with Gasteiger partial charge in [-0.1, -0.05) is 6.07 Å². The Balaban J connectivity index is 1.37. The Kier molecular flexibility index (Phi) is 4.14. The van der Waals surface area contributed by atoms with Gasteiger partial charge in [0.05, 0.1) is 0 Å². The highest BCUT2D eigenvalue weighted by atomic mass is 16.2. The minimum atomic E-state index is -0.0682. The van der Waals surface area contributed by atoms with Crippen molar-refractivity contribution < 1.29 is 9.59 Å². The summed E-state index contributed by atoms with van der Waals surface area (Å²) in [5, 5.41) is 5.92. The predicted molar refractivity (Wildman–Crippen MR) is 92.1 cm³/mol. The van der Waals surface area contributed by atoms with E-state index in [0.29, 0.717) is 23.3 Å². The zero-order chi connectivity index (χ0) is 16.5. The molecule has 2 saturated heterocycles. The molecule has 0 aromatic heterocycles. The maximum Gasteiger partial charge on any atom is 0.321 e. The summed E-state index contributed by atoms with van der Waals surface area (Å²) in [5.74, 6) is -0.0619. The highest BCUT2D eigenvalue weighted by Gasteiger charge is 2.32. The lowest BCUT2D eigenvalue weighted by molar-refractivity contribution is 0.0951. The lowest BCUT2D eigenvalue weighted by Crippen LogP contribution is -2.53. The summed E-state index contributed by atoms with van der Waals surface area (Å²) >= 11 is 0. The molecule has 6 heteroatoms. The molecule has 1 unspecified atom stereocenters. The third kappa shape index (κ3) is 3.38. The van der Waals surface area contributed by atoms with Gasteiger partial charge in [0, 0.05) is 43.0 Å². The maximum absolute atomic E-state index is 12.5. The van der Waals surface area contributed by atoms with Gasteiger partial charge in [-0.3, -0.25) is 9.69 Å². The van der Waals surface area contributed by atoms with Gasteiger partial charge in [0.2, 0.25) is 0 Å². The zero-order valence-corrected chi connectivity index (χ0v) is 13.8. The highest BCUT2D eigenvalue weighted by Crippen LogP contribution is 2.22. The summed E-state index contributed by atoms with van der Waals surface area (Å²) in [4.78, 5) is 29.0. The number of benzene rings is 1. The third-order valence-electron chi connectivity index (χ3n) is 5.16. The van der Waals surface area contributed by atoms with Crippen LogP contribution >= 0.6 is 0 Å². The number of carbonyl (C=O) groups excluding carboxylic acids is 2. The zero-order valence-electron chi connectivity index (χ0n) is 13.8. The van der Waals surface area contributed by atoms with Gasteiger partial charge in [-0.15, -0.1) is 0 Å². The van der Waals surface area contributed by atoms with Crippen LogP contribution in [0.2, 0.25) is 0 Å². The van der Waals surface area contributed by atoms with E-state index in [4.69, 9.17) is 0 Å². The fourth-order valence-corrected chi connectivity index (χ4v) is 3.61. The molecule has 2 N–H and O–H groups in total. The van der Waals surface area contributed by atoms with Gasteiger partial charge in [0.15, 0.2) is 0 Å². The molecule has 1 aliphatic carbocycles. The van der Waals surface area contributed by atoms with Gasteiger partial charge in [-0.25, -0.2) is 4.79 Å². The number of nitrogens with one attached hydrogen (secondary N) is 2. The highest BCUT2D eigenvalue weighted by molar-refractivity contribution is 5.97. The quantitative estimate of drug-likeness (QED) is 0.890. The summed E-state index contributed by atoms with van der Waals surface area (Å²) < 4.78 is 0. The van der Waals surface area contributed by atoms with Crippen molar-refractivity contribution in [1.29, 1.82) is 0 Å². The van der Waals surface area contributed by atoms with Crippen LogP contribution in [0.4, 0.5) is 10.5 Å². The Morgan fingerprint density at radius 2 is 1.96 bits per heavy atom. The topological polar surface area (TPSA) is 64.7 Å². The van der Waals surface area contributed by atoms with Crippen molar-refractivity contribution in [2.24, 2.45) is 0 Å². The van der Waals surface area contributed by atoms with E-state index >= 15 is 0 Å². The molecule has 1 atom stereocenters. The fraction of sp³-hybridized carbons (Fsp3) is 0.556. The van der Waals surface area contributed by atoms with Crippen molar-refractivity contribution >= 4 is 17.6 Å². The van der Waals surface area contributed by atoms with Crippen LogP contribution in [0.15, 0.2) is 24.3 Å². The van der Waals surface area contributed by atoms with Crippen molar-refractivity contribution in [1.82, 2.24) is 15.1 Å². The van der Waals surface area contributed by atoms with Gasteiger partial charge in [-0.05, 0) is 50.4 Å². The minimum Gasteiger partial charge on any atom is -0.349 e. The second-order valence-corrected chi connectivity index (χ2v) is 7.04. The monoisotopic (exact) mass is 328 g/mol. The van der Waals surface area contributed by atoms with Crippen LogP contribution in [-0.2, 0) is 0 Å².